The van der Waals surface area contributed by atoms with Crippen LogP contribution in [0.3, 0.4) is 0 Å². The molecule has 0 spiro atoms. The normalized spacial score (nSPS) is 47.8. The molecule has 172 valence electrons. The molecule has 0 aromatic carbocycles. The van der Waals surface area contributed by atoms with Gasteiger partial charge in [0.2, 0.25) is 0 Å². The Morgan fingerprint density at radius 2 is 1.70 bits per heavy atom. The highest BCUT2D eigenvalue weighted by molar-refractivity contribution is 5.26. The van der Waals surface area contributed by atoms with E-state index in [0.29, 0.717) is 16.7 Å². The zero-order valence-electron chi connectivity index (χ0n) is 20.6. The van der Waals surface area contributed by atoms with E-state index in [2.05, 4.69) is 40.7 Å². The molecule has 0 heterocycles. The van der Waals surface area contributed by atoms with E-state index in [1.54, 1.807) is 5.57 Å². The first-order valence-corrected chi connectivity index (χ1v) is 13.1. The van der Waals surface area contributed by atoms with Crippen molar-refractivity contribution in [1.29, 1.82) is 0 Å². The topological polar surface area (TPSA) is 40.5 Å². The van der Waals surface area contributed by atoms with E-state index in [9.17, 15) is 10.2 Å². The van der Waals surface area contributed by atoms with Crippen molar-refractivity contribution >= 4 is 0 Å². The van der Waals surface area contributed by atoms with E-state index >= 15 is 0 Å². The van der Waals surface area contributed by atoms with Gasteiger partial charge < -0.3 is 10.2 Å². The third-order valence-electron chi connectivity index (χ3n) is 10.8. The smallest absolute Gasteiger partial charge is 0.0657 e. The zero-order chi connectivity index (χ0) is 21.9. The van der Waals surface area contributed by atoms with Crippen molar-refractivity contribution in [3.05, 3.63) is 11.6 Å². The van der Waals surface area contributed by atoms with Gasteiger partial charge in [0, 0.05) is 0 Å². The number of allylic oxidation sites excluding steroid dienone is 1. The molecule has 4 rings (SSSR count). The van der Waals surface area contributed by atoms with Crippen molar-refractivity contribution in [2.24, 2.45) is 46.3 Å². The van der Waals surface area contributed by atoms with Crippen molar-refractivity contribution in [3.63, 3.8) is 0 Å². The van der Waals surface area contributed by atoms with Gasteiger partial charge in [0.15, 0.2) is 0 Å². The third kappa shape index (κ3) is 3.72. The van der Waals surface area contributed by atoms with Gasteiger partial charge in [0.1, 0.15) is 0 Å². The fourth-order valence-corrected chi connectivity index (χ4v) is 8.75. The zero-order valence-corrected chi connectivity index (χ0v) is 20.6. The van der Waals surface area contributed by atoms with Gasteiger partial charge in [-0.1, -0.05) is 46.3 Å². The molecule has 30 heavy (non-hydrogen) atoms. The van der Waals surface area contributed by atoms with Crippen molar-refractivity contribution in [3.8, 4) is 0 Å². The van der Waals surface area contributed by atoms with Crippen LogP contribution in [0.25, 0.3) is 0 Å². The molecule has 2 heteroatoms. The lowest BCUT2D eigenvalue weighted by molar-refractivity contribution is -0.0710. The molecular formula is C28H48O2. The van der Waals surface area contributed by atoms with Gasteiger partial charge in [0.25, 0.3) is 0 Å². The minimum Gasteiger partial charge on any atom is -0.393 e. The Labute approximate surface area is 185 Å². The predicted octanol–water partition coefficient (Wildman–Crippen LogP) is 6.75. The van der Waals surface area contributed by atoms with E-state index in [1.807, 2.05) is 6.92 Å². The second-order valence-corrected chi connectivity index (χ2v) is 13.0. The van der Waals surface area contributed by atoms with Crippen LogP contribution in [0.1, 0.15) is 106 Å². The average Bonchev–Trinajstić information content (AvgIpc) is 3.03. The maximum absolute atomic E-state index is 10.7. The summed E-state index contributed by atoms with van der Waals surface area (Å²) in [7, 11) is 0. The molecule has 4 aliphatic carbocycles. The Bertz CT molecular complexity index is 664. The summed E-state index contributed by atoms with van der Waals surface area (Å²) in [6.07, 6.45) is 14.4. The van der Waals surface area contributed by atoms with Gasteiger partial charge in [-0.3, -0.25) is 0 Å². The quantitative estimate of drug-likeness (QED) is 0.487. The molecule has 0 amide bonds. The van der Waals surface area contributed by atoms with Gasteiger partial charge in [-0.15, -0.1) is 0 Å². The summed E-state index contributed by atoms with van der Waals surface area (Å²) in [4.78, 5) is 0. The number of aliphatic hydroxyl groups excluding tert-OH is 1. The van der Waals surface area contributed by atoms with Crippen LogP contribution < -0.4 is 0 Å². The highest BCUT2D eigenvalue weighted by atomic mass is 16.3. The second kappa shape index (κ2) is 7.91. The van der Waals surface area contributed by atoms with Crippen LogP contribution in [-0.2, 0) is 0 Å². The van der Waals surface area contributed by atoms with Gasteiger partial charge in [-0.25, -0.2) is 0 Å². The molecule has 3 saturated carbocycles. The third-order valence-corrected chi connectivity index (χ3v) is 10.8. The summed E-state index contributed by atoms with van der Waals surface area (Å²) in [5.74, 6) is 4.46. The lowest BCUT2D eigenvalue weighted by Gasteiger charge is -2.59. The molecular weight excluding hydrogens is 368 g/mol. The summed E-state index contributed by atoms with van der Waals surface area (Å²) < 4.78 is 0. The summed E-state index contributed by atoms with van der Waals surface area (Å²) in [5.41, 5.74) is 1.91. The first kappa shape index (κ1) is 22.8. The lowest BCUT2D eigenvalue weighted by atomic mass is 9.46. The van der Waals surface area contributed by atoms with Gasteiger partial charge in [-0.2, -0.15) is 0 Å². The summed E-state index contributed by atoms with van der Waals surface area (Å²) in [6, 6.07) is 0. The summed E-state index contributed by atoms with van der Waals surface area (Å²) in [6.45, 7) is 14.0. The molecule has 2 N–H and O–H groups in total. The first-order chi connectivity index (χ1) is 14.0. The van der Waals surface area contributed by atoms with Crippen LogP contribution in [0.5, 0.6) is 0 Å². The van der Waals surface area contributed by atoms with E-state index in [1.165, 1.54) is 44.9 Å². The number of hydrogen-bond donors (Lipinski definition) is 2. The molecule has 9 atom stereocenters. The second-order valence-electron chi connectivity index (χ2n) is 13.0. The maximum atomic E-state index is 10.7. The van der Waals surface area contributed by atoms with Crippen molar-refractivity contribution in [2.45, 2.75) is 117 Å². The molecule has 0 radical (unpaired) electrons. The molecule has 2 nitrogen and oxygen atoms in total. The molecule has 0 saturated heterocycles. The van der Waals surface area contributed by atoms with E-state index in [0.717, 1.165) is 48.9 Å². The van der Waals surface area contributed by atoms with Crippen LogP contribution in [0, 0.1) is 46.3 Å². The Morgan fingerprint density at radius 3 is 2.40 bits per heavy atom. The van der Waals surface area contributed by atoms with Crippen LogP contribution in [0.15, 0.2) is 11.6 Å². The van der Waals surface area contributed by atoms with E-state index in [4.69, 9.17) is 0 Å². The molecule has 3 fully saturated rings. The maximum Gasteiger partial charge on any atom is 0.0657 e. The summed E-state index contributed by atoms with van der Waals surface area (Å²) >= 11 is 0. The summed E-state index contributed by atoms with van der Waals surface area (Å²) in [5, 5.41) is 21.0. The molecule has 0 bridgehead atoms. The van der Waals surface area contributed by atoms with E-state index < -0.39 is 5.60 Å². The average molecular weight is 417 g/mol. The minimum absolute atomic E-state index is 0.140. The fourth-order valence-electron chi connectivity index (χ4n) is 8.75. The largest absolute Gasteiger partial charge is 0.393 e. The Balaban J connectivity index is 1.49. The number of aliphatic hydroxyl groups is 2. The highest BCUT2D eigenvalue weighted by Crippen LogP contribution is 2.67. The lowest BCUT2D eigenvalue weighted by Crippen LogP contribution is -2.52. The molecule has 0 aromatic heterocycles. The Morgan fingerprint density at radius 1 is 0.967 bits per heavy atom. The number of hydrogen-bond acceptors (Lipinski definition) is 2. The monoisotopic (exact) mass is 416 g/mol. The van der Waals surface area contributed by atoms with Crippen molar-refractivity contribution < 1.29 is 10.2 Å². The molecule has 0 aromatic rings. The van der Waals surface area contributed by atoms with Crippen LogP contribution in [-0.4, -0.2) is 21.9 Å². The number of rotatable bonds is 5. The van der Waals surface area contributed by atoms with Gasteiger partial charge >= 0.3 is 0 Å². The molecule has 0 aliphatic heterocycles. The highest BCUT2D eigenvalue weighted by Gasteiger charge is 2.59. The van der Waals surface area contributed by atoms with Crippen LogP contribution in [0.4, 0.5) is 0 Å². The van der Waals surface area contributed by atoms with Gasteiger partial charge in [0.05, 0.1) is 11.7 Å². The Hall–Kier alpha value is -0.340. The minimum atomic E-state index is -0.490. The Kier molecular flexibility index (Phi) is 6.02. The van der Waals surface area contributed by atoms with Crippen molar-refractivity contribution in [2.75, 3.05) is 0 Å². The van der Waals surface area contributed by atoms with Crippen molar-refractivity contribution in [1.82, 2.24) is 0 Å². The van der Waals surface area contributed by atoms with E-state index in [-0.39, 0.29) is 6.10 Å². The van der Waals surface area contributed by atoms with Crippen LogP contribution >= 0.6 is 0 Å². The standard InChI is InChI=1S/C28H48O2/c1-18(2)25(29)12-7-19(3)22-10-11-23-21-9-8-20-17-26(4,30)15-16-27(20,5)24(21)13-14-28(22,23)6/h8,18-19,21-25,29-30H,7,9-17H2,1-6H3/t19-,21+,22-,23+,24+,25-,26+,27+,28-/m1/s1. The first-order valence-electron chi connectivity index (χ1n) is 13.1. The van der Waals surface area contributed by atoms with Gasteiger partial charge in [-0.05, 0) is 117 Å². The van der Waals surface area contributed by atoms with Crippen LogP contribution in [0.2, 0.25) is 0 Å². The SMILES string of the molecule is CC(C)[C@H](O)CC[C@@H](C)[C@H]1CC[C@H]2[C@@H]3CC=C4C[C@@](C)(O)CC[C@]4(C)[C@H]3CC[C@]12C. The number of fused-ring (bicyclic) bond motifs is 5. The predicted molar refractivity (Wildman–Crippen MR) is 125 cm³/mol. The molecule has 4 aliphatic rings. The molecule has 0 unspecified atom stereocenters. The fraction of sp³-hybridized carbons (Fsp3) is 0.929.